The standard InChI is InChI=1S/C19H33NO5/c1-3-7-15(2)14-17(19(23)24)16(18(21)22)8-5-4-6-9-20-10-12-25-13-11-20/h15H,3-14H2,1-2H3,(H,21,22)(H,23,24)/b17-16+. The lowest BCUT2D eigenvalue weighted by atomic mass is 9.91. The van der Waals surface area contributed by atoms with E-state index in [9.17, 15) is 19.8 Å². The predicted molar refractivity (Wildman–Crippen MR) is 96.7 cm³/mol. The van der Waals surface area contributed by atoms with E-state index in [1.807, 2.05) is 13.8 Å². The lowest BCUT2D eigenvalue weighted by Crippen LogP contribution is -2.36. The molecule has 0 radical (unpaired) electrons. The Bertz CT molecular complexity index is 455. The fraction of sp³-hybridized carbons (Fsp3) is 0.789. The summed E-state index contributed by atoms with van der Waals surface area (Å²) in [5.41, 5.74) is 0.170. The first-order valence-electron chi connectivity index (χ1n) is 9.44. The molecule has 1 saturated heterocycles. The average molecular weight is 355 g/mol. The third-order valence-corrected chi connectivity index (χ3v) is 4.72. The molecule has 6 nitrogen and oxygen atoms in total. The number of hydrogen-bond acceptors (Lipinski definition) is 4. The highest BCUT2D eigenvalue weighted by molar-refractivity contribution is 5.98. The highest BCUT2D eigenvalue weighted by Gasteiger charge is 2.21. The Labute approximate surface area is 150 Å². The van der Waals surface area contributed by atoms with Crippen LogP contribution in [-0.2, 0) is 14.3 Å². The normalized spacial score (nSPS) is 17.8. The van der Waals surface area contributed by atoms with Crippen molar-refractivity contribution < 1.29 is 24.5 Å². The molecule has 0 aromatic carbocycles. The molecule has 1 atom stereocenters. The molecule has 1 unspecified atom stereocenters. The van der Waals surface area contributed by atoms with E-state index in [1.165, 1.54) is 0 Å². The van der Waals surface area contributed by atoms with Gasteiger partial charge in [0.15, 0.2) is 0 Å². The van der Waals surface area contributed by atoms with Crippen molar-refractivity contribution in [1.82, 2.24) is 4.90 Å². The molecule has 0 amide bonds. The van der Waals surface area contributed by atoms with Crippen LogP contribution in [0.15, 0.2) is 11.1 Å². The van der Waals surface area contributed by atoms with Gasteiger partial charge in [-0.2, -0.15) is 0 Å². The molecule has 1 aliphatic rings. The Morgan fingerprint density at radius 2 is 1.68 bits per heavy atom. The van der Waals surface area contributed by atoms with Gasteiger partial charge in [0.1, 0.15) is 0 Å². The molecule has 1 fully saturated rings. The van der Waals surface area contributed by atoms with E-state index in [0.29, 0.717) is 19.3 Å². The molecule has 0 aliphatic carbocycles. The highest BCUT2D eigenvalue weighted by Crippen LogP contribution is 2.23. The lowest BCUT2D eigenvalue weighted by Gasteiger charge is -2.26. The van der Waals surface area contributed by atoms with Crippen molar-refractivity contribution in [2.45, 2.75) is 58.8 Å². The molecule has 0 spiro atoms. The summed E-state index contributed by atoms with van der Waals surface area (Å²) >= 11 is 0. The number of carboxylic acids is 2. The van der Waals surface area contributed by atoms with Crippen molar-refractivity contribution in [1.29, 1.82) is 0 Å². The van der Waals surface area contributed by atoms with E-state index < -0.39 is 11.9 Å². The van der Waals surface area contributed by atoms with E-state index >= 15 is 0 Å². The second-order valence-electron chi connectivity index (χ2n) is 6.93. The number of rotatable bonds is 12. The van der Waals surface area contributed by atoms with E-state index in [2.05, 4.69) is 4.90 Å². The van der Waals surface area contributed by atoms with Gasteiger partial charge in [0.25, 0.3) is 0 Å². The molecule has 0 aromatic heterocycles. The number of nitrogens with zero attached hydrogens (tertiary/aromatic N) is 1. The fourth-order valence-electron chi connectivity index (χ4n) is 3.31. The molecule has 0 bridgehead atoms. The van der Waals surface area contributed by atoms with Crippen molar-refractivity contribution >= 4 is 11.9 Å². The van der Waals surface area contributed by atoms with Crippen LogP contribution in [0, 0.1) is 5.92 Å². The van der Waals surface area contributed by atoms with E-state index in [1.54, 1.807) is 0 Å². The Balaban J connectivity index is 2.51. The van der Waals surface area contributed by atoms with Gasteiger partial charge in [-0.15, -0.1) is 0 Å². The van der Waals surface area contributed by atoms with E-state index in [0.717, 1.165) is 58.5 Å². The van der Waals surface area contributed by atoms with Crippen molar-refractivity contribution in [3.63, 3.8) is 0 Å². The first-order chi connectivity index (χ1) is 12.0. The molecule has 144 valence electrons. The number of carbonyl (C=O) groups is 2. The van der Waals surface area contributed by atoms with Gasteiger partial charge in [-0.3, -0.25) is 4.90 Å². The quantitative estimate of drug-likeness (QED) is 0.413. The van der Waals surface area contributed by atoms with Crippen molar-refractivity contribution in [3.8, 4) is 0 Å². The summed E-state index contributed by atoms with van der Waals surface area (Å²) < 4.78 is 5.31. The third-order valence-electron chi connectivity index (χ3n) is 4.72. The number of hydrogen-bond donors (Lipinski definition) is 2. The summed E-state index contributed by atoms with van der Waals surface area (Å²) in [5.74, 6) is -1.99. The second kappa shape index (κ2) is 12.0. The van der Waals surface area contributed by atoms with E-state index in [-0.39, 0.29) is 17.1 Å². The van der Waals surface area contributed by atoms with Crippen LogP contribution in [0.5, 0.6) is 0 Å². The Morgan fingerprint density at radius 1 is 1.04 bits per heavy atom. The van der Waals surface area contributed by atoms with Crippen LogP contribution < -0.4 is 0 Å². The Hall–Kier alpha value is -1.40. The minimum Gasteiger partial charge on any atom is -0.478 e. The zero-order chi connectivity index (χ0) is 18.7. The minimum atomic E-state index is -1.09. The summed E-state index contributed by atoms with van der Waals surface area (Å²) in [5, 5.41) is 18.9. The summed E-state index contributed by atoms with van der Waals surface area (Å²) in [6.45, 7) is 8.50. The van der Waals surface area contributed by atoms with Crippen molar-refractivity contribution in [2.75, 3.05) is 32.8 Å². The number of ether oxygens (including phenoxy) is 1. The van der Waals surface area contributed by atoms with Crippen molar-refractivity contribution in [3.05, 3.63) is 11.1 Å². The van der Waals surface area contributed by atoms with Crippen LogP contribution in [0.2, 0.25) is 0 Å². The maximum Gasteiger partial charge on any atom is 0.332 e. The van der Waals surface area contributed by atoms with Crippen LogP contribution in [0.3, 0.4) is 0 Å². The van der Waals surface area contributed by atoms with Gasteiger partial charge >= 0.3 is 11.9 Å². The number of aliphatic carboxylic acids is 2. The second-order valence-corrected chi connectivity index (χ2v) is 6.93. The Kier molecular flexibility index (Phi) is 10.4. The third kappa shape index (κ3) is 8.50. The van der Waals surface area contributed by atoms with Gasteiger partial charge in [0.2, 0.25) is 0 Å². The number of morpholine rings is 1. The first kappa shape index (κ1) is 21.6. The van der Waals surface area contributed by atoms with E-state index in [4.69, 9.17) is 4.74 Å². The zero-order valence-electron chi connectivity index (χ0n) is 15.6. The van der Waals surface area contributed by atoms with Crippen molar-refractivity contribution in [2.24, 2.45) is 5.92 Å². The lowest BCUT2D eigenvalue weighted by molar-refractivity contribution is -0.136. The molecule has 6 heteroatoms. The van der Waals surface area contributed by atoms with Gasteiger partial charge in [-0.1, -0.05) is 33.1 Å². The topological polar surface area (TPSA) is 87.1 Å². The summed E-state index contributed by atoms with van der Waals surface area (Å²) in [6.07, 6.45) is 5.16. The van der Waals surface area contributed by atoms with Gasteiger partial charge < -0.3 is 14.9 Å². The van der Waals surface area contributed by atoms with Crippen LogP contribution in [0.1, 0.15) is 58.8 Å². The molecule has 25 heavy (non-hydrogen) atoms. The molecular weight excluding hydrogens is 322 g/mol. The first-order valence-corrected chi connectivity index (χ1v) is 9.44. The molecule has 0 saturated carbocycles. The average Bonchev–Trinajstić information content (AvgIpc) is 2.57. The smallest absolute Gasteiger partial charge is 0.332 e. The Morgan fingerprint density at radius 3 is 2.24 bits per heavy atom. The summed E-state index contributed by atoms with van der Waals surface area (Å²) in [4.78, 5) is 25.4. The molecule has 1 aliphatic heterocycles. The number of carboxylic acid groups (broad SMARTS) is 2. The van der Waals surface area contributed by atoms with Crippen LogP contribution in [-0.4, -0.2) is 59.9 Å². The van der Waals surface area contributed by atoms with Crippen LogP contribution >= 0.6 is 0 Å². The van der Waals surface area contributed by atoms with Gasteiger partial charge in [0, 0.05) is 24.2 Å². The molecule has 1 rings (SSSR count). The maximum absolute atomic E-state index is 11.6. The monoisotopic (exact) mass is 355 g/mol. The van der Waals surface area contributed by atoms with Gasteiger partial charge in [0.05, 0.1) is 13.2 Å². The molecule has 0 aromatic rings. The largest absolute Gasteiger partial charge is 0.478 e. The maximum atomic E-state index is 11.6. The molecule has 1 heterocycles. The van der Waals surface area contributed by atoms with Gasteiger partial charge in [-0.05, 0) is 38.1 Å². The fourth-order valence-corrected chi connectivity index (χ4v) is 3.31. The van der Waals surface area contributed by atoms with Crippen LogP contribution in [0.25, 0.3) is 0 Å². The van der Waals surface area contributed by atoms with Crippen LogP contribution in [0.4, 0.5) is 0 Å². The molecule has 2 N–H and O–H groups in total. The SMILES string of the molecule is CCCC(C)C/C(C(=O)O)=C(/CCCCCN1CCOCC1)C(=O)O. The minimum absolute atomic E-state index is 0.0848. The predicted octanol–water partition coefficient (Wildman–Crippen LogP) is 3.17. The molecular formula is C19H33NO5. The summed E-state index contributed by atoms with van der Waals surface area (Å²) in [7, 11) is 0. The highest BCUT2D eigenvalue weighted by atomic mass is 16.5. The summed E-state index contributed by atoms with van der Waals surface area (Å²) in [6, 6.07) is 0. The van der Waals surface area contributed by atoms with Gasteiger partial charge in [-0.25, -0.2) is 9.59 Å². The number of unbranched alkanes of at least 4 members (excludes halogenated alkanes) is 2. The zero-order valence-corrected chi connectivity index (χ0v) is 15.6.